The minimum absolute atomic E-state index is 0.337. The SMILES string of the molecule is CCOCC(NCc1ncc(C)c(OC)c1C)C(C)C. The molecule has 0 fully saturated rings. The molecule has 1 heterocycles. The van der Waals surface area contributed by atoms with Crippen molar-refractivity contribution in [1.29, 1.82) is 0 Å². The number of pyridine rings is 1. The summed E-state index contributed by atoms with van der Waals surface area (Å²) in [5.41, 5.74) is 3.22. The van der Waals surface area contributed by atoms with E-state index in [0.717, 1.165) is 42.3 Å². The van der Waals surface area contributed by atoms with Crippen molar-refractivity contribution in [3.63, 3.8) is 0 Å². The van der Waals surface area contributed by atoms with E-state index in [1.54, 1.807) is 7.11 Å². The molecule has 1 rings (SSSR count). The fourth-order valence-electron chi connectivity index (χ4n) is 2.21. The monoisotopic (exact) mass is 280 g/mol. The Labute approximate surface area is 122 Å². The second-order valence-corrected chi connectivity index (χ2v) is 5.44. The van der Waals surface area contributed by atoms with Crippen molar-refractivity contribution in [2.45, 2.75) is 47.2 Å². The van der Waals surface area contributed by atoms with E-state index >= 15 is 0 Å². The topological polar surface area (TPSA) is 43.4 Å². The van der Waals surface area contributed by atoms with Crippen LogP contribution >= 0.6 is 0 Å². The van der Waals surface area contributed by atoms with Gasteiger partial charge >= 0.3 is 0 Å². The third kappa shape index (κ3) is 4.46. The summed E-state index contributed by atoms with van der Waals surface area (Å²) in [7, 11) is 1.71. The van der Waals surface area contributed by atoms with Gasteiger partial charge in [-0.05, 0) is 26.7 Å². The number of ether oxygens (including phenoxy) is 2. The zero-order chi connectivity index (χ0) is 15.1. The maximum atomic E-state index is 5.53. The van der Waals surface area contributed by atoms with Crippen LogP contribution in [0.25, 0.3) is 0 Å². The minimum atomic E-state index is 0.337. The number of aryl methyl sites for hydroxylation is 1. The Morgan fingerprint density at radius 3 is 2.55 bits per heavy atom. The second kappa shape index (κ2) is 8.22. The molecule has 1 atom stereocenters. The van der Waals surface area contributed by atoms with E-state index in [2.05, 4.69) is 31.1 Å². The average molecular weight is 280 g/mol. The van der Waals surface area contributed by atoms with E-state index in [1.807, 2.05) is 20.0 Å². The molecule has 20 heavy (non-hydrogen) atoms. The van der Waals surface area contributed by atoms with Crippen molar-refractivity contribution in [1.82, 2.24) is 10.3 Å². The summed E-state index contributed by atoms with van der Waals surface area (Å²) in [6.45, 7) is 12.7. The fraction of sp³-hybridized carbons (Fsp3) is 0.688. The van der Waals surface area contributed by atoms with Gasteiger partial charge in [0.15, 0.2) is 0 Å². The summed E-state index contributed by atoms with van der Waals surface area (Å²) in [6.07, 6.45) is 1.87. The lowest BCUT2D eigenvalue weighted by Crippen LogP contribution is -2.38. The van der Waals surface area contributed by atoms with Gasteiger partial charge in [-0.2, -0.15) is 0 Å². The lowest BCUT2D eigenvalue weighted by molar-refractivity contribution is 0.107. The zero-order valence-electron chi connectivity index (χ0n) is 13.6. The van der Waals surface area contributed by atoms with Gasteiger partial charge in [-0.25, -0.2) is 0 Å². The number of rotatable bonds is 8. The maximum absolute atomic E-state index is 5.53. The van der Waals surface area contributed by atoms with Gasteiger partial charge in [0.05, 0.1) is 19.4 Å². The Morgan fingerprint density at radius 2 is 2.00 bits per heavy atom. The molecule has 1 aromatic rings. The van der Waals surface area contributed by atoms with Crippen molar-refractivity contribution in [3.05, 3.63) is 23.0 Å². The molecule has 0 aliphatic carbocycles. The van der Waals surface area contributed by atoms with Crippen LogP contribution < -0.4 is 10.1 Å². The molecular formula is C16H28N2O2. The van der Waals surface area contributed by atoms with E-state index < -0.39 is 0 Å². The Balaban J connectivity index is 2.73. The van der Waals surface area contributed by atoms with Gasteiger partial charge in [0.1, 0.15) is 5.75 Å². The highest BCUT2D eigenvalue weighted by Gasteiger charge is 2.15. The van der Waals surface area contributed by atoms with E-state index in [0.29, 0.717) is 12.0 Å². The molecule has 114 valence electrons. The lowest BCUT2D eigenvalue weighted by atomic mass is 10.0. The average Bonchev–Trinajstić information content (AvgIpc) is 2.41. The van der Waals surface area contributed by atoms with Crippen LogP contribution in [-0.4, -0.2) is 31.3 Å². The van der Waals surface area contributed by atoms with Crippen LogP contribution in [0, 0.1) is 19.8 Å². The molecule has 0 spiro atoms. The van der Waals surface area contributed by atoms with Crippen molar-refractivity contribution in [2.75, 3.05) is 20.3 Å². The van der Waals surface area contributed by atoms with Crippen LogP contribution in [0.1, 0.15) is 37.6 Å². The quantitative estimate of drug-likeness (QED) is 0.795. The van der Waals surface area contributed by atoms with E-state index in [9.17, 15) is 0 Å². The lowest BCUT2D eigenvalue weighted by Gasteiger charge is -2.23. The third-order valence-corrected chi connectivity index (χ3v) is 3.59. The molecule has 0 radical (unpaired) electrons. The summed E-state index contributed by atoms with van der Waals surface area (Å²) >= 11 is 0. The van der Waals surface area contributed by atoms with Gasteiger partial charge in [0.2, 0.25) is 0 Å². The number of nitrogens with zero attached hydrogens (tertiary/aromatic N) is 1. The largest absolute Gasteiger partial charge is 0.496 e. The maximum Gasteiger partial charge on any atom is 0.128 e. The van der Waals surface area contributed by atoms with Crippen LogP contribution in [0.5, 0.6) is 5.75 Å². The summed E-state index contributed by atoms with van der Waals surface area (Å²) in [5.74, 6) is 1.46. The molecule has 1 unspecified atom stereocenters. The highest BCUT2D eigenvalue weighted by molar-refractivity contribution is 5.40. The first-order valence-electron chi connectivity index (χ1n) is 7.31. The molecular weight excluding hydrogens is 252 g/mol. The molecule has 4 nitrogen and oxygen atoms in total. The summed E-state index contributed by atoms with van der Waals surface area (Å²) in [4.78, 5) is 4.51. The van der Waals surface area contributed by atoms with Crippen molar-refractivity contribution >= 4 is 0 Å². The molecule has 1 aromatic heterocycles. The van der Waals surface area contributed by atoms with Gasteiger partial charge in [-0.1, -0.05) is 13.8 Å². The van der Waals surface area contributed by atoms with E-state index in [4.69, 9.17) is 9.47 Å². The molecule has 0 aromatic carbocycles. The van der Waals surface area contributed by atoms with Crippen LogP contribution in [0.4, 0.5) is 0 Å². The summed E-state index contributed by atoms with van der Waals surface area (Å²) in [5, 5.41) is 3.54. The Bertz CT molecular complexity index is 419. The Hall–Kier alpha value is -1.13. The van der Waals surface area contributed by atoms with Crippen molar-refractivity contribution in [3.8, 4) is 5.75 Å². The Morgan fingerprint density at radius 1 is 1.30 bits per heavy atom. The highest BCUT2D eigenvalue weighted by atomic mass is 16.5. The van der Waals surface area contributed by atoms with E-state index in [1.165, 1.54) is 0 Å². The predicted octanol–water partition coefficient (Wildman–Crippen LogP) is 2.86. The standard InChI is InChI=1S/C16H28N2O2/c1-7-20-10-15(11(2)3)18-9-14-13(5)16(19-6)12(4)8-17-14/h8,11,15,18H,7,9-10H2,1-6H3. The number of aromatic nitrogens is 1. The third-order valence-electron chi connectivity index (χ3n) is 3.59. The molecule has 0 aliphatic rings. The van der Waals surface area contributed by atoms with E-state index in [-0.39, 0.29) is 0 Å². The number of hydrogen-bond acceptors (Lipinski definition) is 4. The first-order chi connectivity index (χ1) is 9.51. The first kappa shape index (κ1) is 16.9. The van der Waals surface area contributed by atoms with Crippen molar-refractivity contribution in [2.24, 2.45) is 5.92 Å². The smallest absolute Gasteiger partial charge is 0.128 e. The van der Waals surface area contributed by atoms with Gasteiger partial charge < -0.3 is 14.8 Å². The number of hydrogen-bond donors (Lipinski definition) is 1. The molecule has 0 bridgehead atoms. The van der Waals surface area contributed by atoms with Gasteiger partial charge in [0.25, 0.3) is 0 Å². The van der Waals surface area contributed by atoms with Crippen LogP contribution in [0.3, 0.4) is 0 Å². The molecule has 0 amide bonds. The van der Waals surface area contributed by atoms with Crippen LogP contribution in [0.15, 0.2) is 6.20 Å². The number of nitrogens with one attached hydrogen (secondary N) is 1. The predicted molar refractivity (Wildman–Crippen MR) is 82.2 cm³/mol. The first-order valence-corrected chi connectivity index (χ1v) is 7.31. The normalized spacial score (nSPS) is 12.8. The number of methoxy groups -OCH3 is 1. The van der Waals surface area contributed by atoms with Crippen molar-refractivity contribution < 1.29 is 9.47 Å². The second-order valence-electron chi connectivity index (χ2n) is 5.44. The summed E-state index contributed by atoms with van der Waals surface area (Å²) in [6, 6.07) is 0.337. The molecule has 0 saturated carbocycles. The highest BCUT2D eigenvalue weighted by Crippen LogP contribution is 2.23. The van der Waals surface area contributed by atoms with Crippen LogP contribution in [0.2, 0.25) is 0 Å². The van der Waals surface area contributed by atoms with Crippen LogP contribution in [-0.2, 0) is 11.3 Å². The van der Waals surface area contributed by atoms with Gasteiger partial charge in [0, 0.05) is 36.5 Å². The Kier molecular flexibility index (Phi) is 6.96. The molecule has 1 N–H and O–H groups in total. The summed E-state index contributed by atoms with van der Waals surface area (Å²) < 4.78 is 11.0. The fourth-order valence-corrected chi connectivity index (χ4v) is 2.21. The molecule has 0 aliphatic heterocycles. The van der Waals surface area contributed by atoms with Gasteiger partial charge in [-0.3, -0.25) is 4.98 Å². The minimum Gasteiger partial charge on any atom is -0.496 e. The molecule has 0 saturated heterocycles. The molecule has 4 heteroatoms. The zero-order valence-corrected chi connectivity index (χ0v) is 13.6. The van der Waals surface area contributed by atoms with Gasteiger partial charge in [-0.15, -0.1) is 0 Å².